The number of benzene rings is 1. The molecule has 1 nitrogen and oxygen atoms in total. The lowest BCUT2D eigenvalue weighted by Gasteiger charge is -2.18. The average Bonchev–Trinajstić information content (AvgIpc) is 2.58. The van der Waals surface area contributed by atoms with Crippen molar-refractivity contribution < 1.29 is 4.79 Å². The van der Waals surface area contributed by atoms with Crippen LogP contribution in [0.2, 0.25) is 0 Å². The molecule has 1 heterocycles. The molecule has 16 heavy (non-hydrogen) atoms. The fourth-order valence-electron chi connectivity index (χ4n) is 1.65. The van der Waals surface area contributed by atoms with Gasteiger partial charge in [0.05, 0.1) is 5.56 Å². The zero-order valence-electron chi connectivity index (χ0n) is 9.50. The fraction of sp³-hybridized carbons (Fsp3) is 0.308. The monoisotopic (exact) mass is 252 g/mol. The van der Waals surface area contributed by atoms with Gasteiger partial charge in [0, 0.05) is 15.5 Å². The molecule has 0 saturated carbocycles. The smallest absolute Gasteiger partial charge is 0.253 e. The fourth-order valence-corrected chi connectivity index (χ4v) is 2.85. The Labute approximate surface area is 104 Å². The first-order valence-electron chi connectivity index (χ1n) is 5.11. The summed E-state index contributed by atoms with van der Waals surface area (Å²) in [7, 11) is 0. The largest absolute Gasteiger partial charge is 0.276 e. The van der Waals surface area contributed by atoms with Crippen LogP contribution in [0.4, 0.5) is 0 Å². The number of rotatable bonds is 1. The third-order valence-corrected chi connectivity index (χ3v) is 3.80. The molecule has 0 amide bonds. The van der Waals surface area contributed by atoms with Crippen LogP contribution in [0.3, 0.4) is 0 Å². The van der Waals surface area contributed by atoms with Gasteiger partial charge in [-0.25, -0.2) is 0 Å². The maximum Gasteiger partial charge on any atom is 0.253 e. The lowest BCUT2D eigenvalue weighted by atomic mass is 9.87. The highest BCUT2D eigenvalue weighted by Crippen LogP contribution is 2.32. The van der Waals surface area contributed by atoms with Crippen LogP contribution >= 0.6 is 22.9 Å². The molecule has 2 rings (SSSR count). The predicted molar refractivity (Wildman–Crippen MR) is 70.7 cm³/mol. The van der Waals surface area contributed by atoms with Crippen LogP contribution in [-0.2, 0) is 5.41 Å². The van der Waals surface area contributed by atoms with Gasteiger partial charge in [-0.1, -0.05) is 32.9 Å². The van der Waals surface area contributed by atoms with E-state index in [9.17, 15) is 4.79 Å². The summed E-state index contributed by atoms with van der Waals surface area (Å²) >= 11 is 7.09. The summed E-state index contributed by atoms with van der Waals surface area (Å²) in [4.78, 5) is 11.2. The number of halogens is 1. The summed E-state index contributed by atoms with van der Waals surface area (Å²) in [6, 6.07) is 6.20. The third-order valence-electron chi connectivity index (χ3n) is 2.65. The van der Waals surface area contributed by atoms with Crippen LogP contribution in [0.5, 0.6) is 0 Å². The van der Waals surface area contributed by atoms with Crippen molar-refractivity contribution in [3.63, 3.8) is 0 Å². The molecule has 1 aromatic carbocycles. The van der Waals surface area contributed by atoms with Gasteiger partial charge in [-0.15, -0.1) is 11.3 Å². The number of hydrogen-bond acceptors (Lipinski definition) is 2. The Balaban J connectivity index is 2.62. The van der Waals surface area contributed by atoms with Crippen molar-refractivity contribution in [3.05, 3.63) is 34.7 Å². The van der Waals surface area contributed by atoms with E-state index in [1.807, 2.05) is 11.4 Å². The van der Waals surface area contributed by atoms with Crippen LogP contribution in [0, 0.1) is 0 Å². The predicted octanol–water partition coefficient (Wildman–Crippen LogP) is 4.58. The lowest BCUT2D eigenvalue weighted by molar-refractivity contribution is 0.108. The van der Waals surface area contributed by atoms with Gasteiger partial charge in [-0.2, -0.15) is 0 Å². The first kappa shape index (κ1) is 11.6. The molecule has 0 unspecified atom stereocenters. The lowest BCUT2D eigenvalue weighted by Crippen LogP contribution is -2.10. The van der Waals surface area contributed by atoms with Crippen molar-refractivity contribution in [2.75, 3.05) is 0 Å². The second-order valence-corrected chi connectivity index (χ2v) is 6.14. The van der Waals surface area contributed by atoms with E-state index in [0.29, 0.717) is 5.56 Å². The van der Waals surface area contributed by atoms with E-state index in [1.165, 1.54) is 5.56 Å². The van der Waals surface area contributed by atoms with Crippen LogP contribution in [-0.4, -0.2) is 5.24 Å². The van der Waals surface area contributed by atoms with Crippen molar-refractivity contribution in [1.82, 2.24) is 0 Å². The van der Waals surface area contributed by atoms with E-state index >= 15 is 0 Å². The molecular weight excluding hydrogens is 240 g/mol. The third kappa shape index (κ3) is 2.00. The number of carbonyl (C=O) groups is 1. The molecule has 0 atom stereocenters. The van der Waals surface area contributed by atoms with Crippen LogP contribution in [0.15, 0.2) is 23.6 Å². The van der Waals surface area contributed by atoms with Crippen LogP contribution in [0.1, 0.15) is 36.7 Å². The van der Waals surface area contributed by atoms with Crippen LogP contribution < -0.4 is 0 Å². The highest BCUT2D eigenvalue weighted by molar-refractivity contribution is 7.17. The van der Waals surface area contributed by atoms with Crippen LogP contribution in [0.25, 0.3) is 10.1 Å². The molecule has 0 bridgehead atoms. The Bertz CT molecular complexity index is 549. The summed E-state index contributed by atoms with van der Waals surface area (Å²) in [5.41, 5.74) is 2.01. The highest BCUT2D eigenvalue weighted by Gasteiger charge is 2.16. The maximum atomic E-state index is 11.2. The number of hydrogen-bond donors (Lipinski definition) is 0. The van der Waals surface area contributed by atoms with E-state index in [0.717, 1.165) is 10.1 Å². The zero-order valence-corrected chi connectivity index (χ0v) is 11.1. The van der Waals surface area contributed by atoms with Gasteiger partial charge < -0.3 is 0 Å². The molecule has 0 saturated heterocycles. The molecule has 0 spiro atoms. The second kappa shape index (κ2) is 3.86. The minimum atomic E-state index is -0.380. The van der Waals surface area contributed by atoms with E-state index in [1.54, 1.807) is 11.3 Å². The first-order chi connectivity index (χ1) is 7.39. The standard InChI is InChI=1S/C13H13ClOS/c1-13(2,3)8-4-5-9-10(12(14)15)7-16-11(9)6-8/h4-7H,1-3H3. The molecule has 1 aromatic heterocycles. The summed E-state index contributed by atoms with van der Waals surface area (Å²) in [6.45, 7) is 6.53. The minimum absolute atomic E-state index is 0.128. The minimum Gasteiger partial charge on any atom is -0.276 e. The quantitative estimate of drug-likeness (QED) is 0.679. The topological polar surface area (TPSA) is 17.1 Å². The van der Waals surface area contributed by atoms with Crippen molar-refractivity contribution in [2.24, 2.45) is 0 Å². The molecule has 0 aliphatic carbocycles. The Morgan fingerprint density at radius 3 is 2.56 bits per heavy atom. The Morgan fingerprint density at radius 1 is 1.31 bits per heavy atom. The van der Waals surface area contributed by atoms with Crippen molar-refractivity contribution >= 4 is 38.3 Å². The van der Waals surface area contributed by atoms with Gasteiger partial charge in [-0.05, 0) is 28.6 Å². The average molecular weight is 253 g/mol. The number of thiophene rings is 1. The summed E-state index contributed by atoms with van der Waals surface area (Å²) in [5.74, 6) is 0. The zero-order chi connectivity index (χ0) is 11.9. The van der Waals surface area contributed by atoms with E-state index in [2.05, 4.69) is 32.9 Å². The van der Waals surface area contributed by atoms with Crippen molar-refractivity contribution in [2.45, 2.75) is 26.2 Å². The highest BCUT2D eigenvalue weighted by atomic mass is 35.5. The van der Waals surface area contributed by atoms with Gasteiger partial charge in [0.15, 0.2) is 0 Å². The normalized spacial score (nSPS) is 12.0. The van der Waals surface area contributed by atoms with Gasteiger partial charge in [0.1, 0.15) is 0 Å². The molecule has 0 aliphatic heterocycles. The summed E-state index contributed by atoms with van der Waals surface area (Å²) < 4.78 is 1.12. The van der Waals surface area contributed by atoms with Gasteiger partial charge in [0.2, 0.25) is 0 Å². The molecule has 0 radical (unpaired) electrons. The Kier molecular flexibility index (Phi) is 2.81. The molecular formula is C13H13ClOS. The van der Waals surface area contributed by atoms with Gasteiger partial charge >= 0.3 is 0 Å². The molecule has 2 aromatic rings. The molecule has 3 heteroatoms. The van der Waals surface area contributed by atoms with Gasteiger partial charge in [-0.3, -0.25) is 4.79 Å². The SMILES string of the molecule is CC(C)(C)c1ccc2c(C(=O)Cl)csc2c1. The maximum absolute atomic E-state index is 11.2. The molecule has 0 fully saturated rings. The second-order valence-electron chi connectivity index (χ2n) is 4.88. The van der Waals surface area contributed by atoms with Gasteiger partial charge in [0.25, 0.3) is 5.24 Å². The Hall–Kier alpha value is -0.860. The summed E-state index contributed by atoms with van der Waals surface area (Å²) in [5, 5.41) is 2.40. The van der Waals surface area contributed by atoms with Crippen molar-refractivity contribution in [1.29, 1.82) is 0 Å². The number of carbonyl (C=O) groups excluding carboxylic acids is 1. The van der Waals surface area contributed by atoms with E-state index in [4.69, 9.17) is 11.6 Å². The molecule has 84 valence electrons. The van der Waals surface area contributed by atoms with Crippen molar-refractivity contribution in [3.8, 4) is 0 Å². The first-order valence-corrected chi connectivity index (χ1v) is 6.37. The van der Waals surface area contributed by atoms with E-state index in [-0.39, 0.29) is 10.7 Å². The summed E-state index contributed by atoms with van der Waals surface area (Å²) in [6.07, 6.45) is 0. The Morgan fingerprint density at radius 2 is 2.00 bits per heavy atom. The molecule has 0 aliphatic rings. The van der Waals surface area contributed by atoms with E-state index < -0.39 is 0 Å². The number of fused-ring (bicyclic) bond motifs is 1. The molecule has 0 N–H and O–H groups in total.